The lowest BCUT2D eigenvalue weighted by Gasteiger charge is -2.15. The van der Waals surface area contributed by atoms with Crippen LogP contribution in [0.15, 0.2) is 11.4 Å². The van der Waals surface area contributed by atoms with Crippen molar-refractivity contribution in [2.45, 2.75) is 25.8 Å². The van der Waals surface area contributed by atoms with E-state index >= 15 is 0 Å². The number of aryl methyl sites for hydroxylation is 1. The smallest absolute Gasteiger partial charge is 0.147 e. The lowest BCUT2D eigenvalue weighted by atomic mass is 10.1. The van der Waals surface area contributed by atoms with Crippen LogP contribution >= 0.6 is 11.3 Å². The van der Waals surface area contributed by atoms with Gasteiger partial charge in [0.15, 0.2) is 0 Å². The summed E-state index contributed by atoms with van der Waals surface area (Å²) in [6.45, 7) is 2.12. The average Bonchev–Trinajstić information content (AvgIpc) is 2.65. The summed E-state index contributed by atoms with van der Waals surface area (Å²) in [7, 11) is -0.994. The number of sulfone groups is 1. The molecule has 0 radical (unpaired) electrons. The zero-order valence-corrected chi connectivity index (χ0v) is 11.6. The fraction of sp³-hybridized carbons (Fsp3) is 0.636. The lowest BCUT2D eigenvalue weighted by Crippen LogP contribution is -2.19. The summed E-state index contributed by atoms with van der Waals surface area (Å²) in [5, 5.41) is 5.27. The molecule has 0 saturated heterocycles. The number of hydrogen-bond acceptors (Lipinski definition) is 4. The van der Waals surface area contributed by atoms with E-state index in [2.05, 4.69) is 23.7 Å². The van der Waals surface area contributed by atoms with Gasteiger partial charge >= 0.3 is 0 Å². The molecule has 1 N–H and O–H groups in total. The largest absolute Gasteiger partial charge is 0.312 e. The first kappa shape index (κ1) is 13.7. The summed E-state index contributed by atoms with van der Waals surface area (Å²) in [6.07, 6.45) is 2.92. The Labute approximate surface area is 102 Å². The van der Waals surface area contributed by atoms with E-state index < -0.39 is 9.84 Å². The van der Waals surface area contributed by atoms with Crippen LogP contribution < -0.4 is 5.32 Å². The molecule has 0 spiro atoms. The molecule has 0 aliphatic carbocycles. The van der Waals surface area contributed by atoms with E-state index in [0.29, 0.717) is 6.42 Å². The zero-order chi connectivity index (χ0) is 12.2. The zero-order valence-electron chi connectivity index (χ0n) is 9.99. The predicted octanol–water partition coefficient (Wildman–Crippen LogP) is 2.01. The minimum atomic E-state index is -2.88. The second kappa shape index (κ2) is 5.80. The minimum absolute atomic E-state index is 0.157. The first-order chi connectivity index (χ1) is 7.48. The van der Waals surface area contributed by atoms with Gasteiger partial charge in [-0.3, -0.25) is 0 Å². The number of rotatable bonds is 6. The molecule has 0 bridgehead atoms. The Balaban J connectivity index is 2.75. The molecule has 0 saturated carbocycles. The monoisotopic (exact) mass is 261 g/mol. The van der Waals surface area contributed by atoms with Crippen molar-refractivity contribution in [2.24, 2.45) is 0 Å². The Morgan fingerprint density at radius 2 is 2.19 bits per heavy atom. The Hall–Kier alpha value is -0.390. The first-order valence-electron chi connectivity index (χ1n) is 5.39. The van der Waals surface area contributed by atoms with Gasteiger partial charge in [0.2, 0.25) is 0 Å². The number of thiophene rings is 1. The molecule has 0 amide bonds. The molecular formula is C11H19NO2S2. The van der Waals surface area contributed by atoms with E-state index in [1.54, 1.807) is 11.3 Å². The fourth-order valence-electron chi connectivity index (χ4n) is 1.68. The maximum Gasteiger partial charge on any atom is 0.147 e. The van der Waals surface area contributed by atoms with Crippen LogP contribution in [-0.2, 0) is 16.3 Å². The molecule has 0 fully saturated rings. The first-order valence-corrected chi connectivity index (χ1v) is 8.33. The molecule has 1 aromatic rings. The van der Waals surface area contributed by atoms with E-state index in [1.165, 1.54) is 16.7 Å². The Kier molecular flexibility index (Phi) is 4.95. The van der Waals surface area contributed by atoms with Gasteiger partial charge in [-0.25, -0.2) is 8.42 Å². The second-order valence-electron chi connectivity index (χ2n) is 3.92. The van der Waals surface area contributed by atoms with Gasteiger partial charge in [-0.05, 0) is 36.9 Å². The summed E-state index contributed by atoms with van der Waals surface area (Å²) in [5.41, 5.74) is 1.32. The van der Waals surface area contributed by atoms with Crippen LogP contribution in [0.3, 0.4) is 0 Å². The molecule has 92 valence electrons. The summed E-state index contributed by atoms with van der Waals surface area (Å²) in [5.74, 6) is 0.236. The normalized spacial score (nSPS) is 13.9. The lowest BCUT2D eigenvalue weighted by molar-refractivity contribution is 0.562. The van der Waals surface area contributed by atoms with E-state index in [9.17, 15) is 8.42 Å². The Bertz CT molecular complexity index is 423. The van der Waals surface area contributed by atoms with Gasteiger partial charge in [0.25, 0.3) is 0 Å². The summed E-state index contributed by atoms with van der Waals surface area (Å²) in [4.78, 5) is 1.27. The van der Waals surface area contributed by atoms with Crippen LogP contribution in [-0.4, -0.2) is 27.5 Å². The Morgan fingerprint density at radius 3 is 2.69 bits per heavy atom. The van der Waals surface area contributed by atoms with Gasteiger partial charge < -0.3 is 5.32 Å². The highest BCUT2D eigenvalue weighted by Crippen LogP contribution is 2.27. The molecular weight excluding hydrogens is 242 g/mol. The van der Waals surface area contributed by atoms with Crippen molar-refractivity contribution in [2.75, 3.05) is 19.1 Å². The third-order valence-electron chi connectivity index (χ3n) is 2.60. The number of hydrogen-bond donors (Lipinski definition) is 1. The van der Waals surface area contributed by atoms with Crippen LogP contribution in [0.5, 0.6) is 0 Å². The van der Waals surface area contributed by atoms with Gasteiger partial charge in [-0.15, -0.1) is 11.3 Å². The predicted molar refractivity (Wildman–Crippen MR) is 69.8 cm³/mol. The SMILES string of the molecule is CCc1ccsc1C(CCS(C)(=O)=O)NC. The molecule has 0 aromatic carbocycles. The highest BCUT2D eigenvalue weighted by molar-refractivity contribution is 7.90. The minimum Gasteiger partial charge on any atom is -0.312 e. The summed E-state index contributed by atoms with van der Waals surface area (Å²) in [6, 6.07) is 2.27. The van der Waals surface area contributed by atoms with Gasteiger partial charge in [-0.2, -0.15) is 0 Å². The molecule has 1 heterocycles. The molecule has 0 aliphatic heterocycles. The van der Waals surface area contributed by atoms with Crippen molar-refractivity contribution in [1.82, 2.24) is 5.32 Å². The van der Waals surface area contributed by atoms with Crippen molar-refractivity contribution < 1.29 is 8.42 Å². The van der Waals surface area contributed by atoms with Gasteiger partial charge in [0, 0.05) is 17.2 Å². The molecule has 5 heteroatoms. The molecule has 3 nitrogen and oxygen atoms in total. The van der Waals surface area contributed by atoms with Gasteiger partial charge in [0.05, 0.1) is 5.75 Å². The molecule has 1 atom stereocenters. The van der Waals surface area contributed by atoms with Gasteiger partial charge in [0.1, 0.15) is 9.84 Å². The quantitative estimate of drug-likeness (QED) is 0.852. The average molecular weight is 261 g/mol. The molecule has 1 unspecified atom stereocenters. The van der Waals surface area contributed by atoms with E-state index in [4.69, 9.17) is 0 Å². The molecule has 1 rings (SSSR count). The third-order valence-corrected chi connectivity index (χ3v) is 4.65. The number of nitrogens with one attached hydrogen (secondary N) is 1. The van der Waals surface area contributed by atoms with Crippen LogP contribution in [0.4, 0.5) is 0 Å². The van der Waals surface area contributed by atoms with Crippen LogP contribution in [0.1, 0.15) is 29.8 Å². The van der Waals surface area contributed by atoms with E-state index in [-0.39, 0.29) is 11.8 Å². The van der Waals surface area contributed by atoms with Crippen molar-refractivity contribution >= 4 is 21.2 Å². The van der Waals surface area contributed by atoms with Gasteiger partial charge in [-0.1, -0.05) is 6.92 Å². The fourth-order valence-corrected chi connectivity index (χ4v) is 3.49. The van der Waals surface area contributed by atoms with Crippen molar-refractivity contribution in [3.63, 3.8) is 0 Å². The third kappa shape index (κ3) is 3.88. The van der Waals surface area contributed by atoms with Crippen molar-refractivity contribution in [3.05, 3.63) is 21.9 Å². The standard InChI is InChI=1S/C11H19NO2S2/c1-4-9-5-7-15-11(9)10(12-2)6-8-16(3,13)14/h5,7,10,12H,4,6,8H2,1-3H3. The van der Waals surface area contributed by atoms with Crippen LogP contribution in [0.2, 0.25) is 0 Å². The maximum absolute atomic E-state index is 11.2. The summed E-state index contributed by atoms with van der Waals surface area (Å²) < 4.78 is 22.3. The van der Waals surface area contributed by atoms with Crippen molar-refractivity contribution in [3.8, 4) is 0 Å². The molecule has 1 aromatic heterocycles. The Morgan fingerprint density at radius 1 is 1.50 bits per heavy atom. The highest BCUT2D eigenvalue weighted by atomic mass is 32.2. The molecule has 0 aliphatic rings. The summed E-state index contributed by atoms with van der Waals surface area (Å²) >= 11 is 1.70. The van der Waals surface area contributed by atoms with E-state index in [0.717, 1.165) is 6.42 Å². The highest BCUT2D eigenvalue weighted by Gasteiger charge is 2.16. The van der Waals surface area contributed by atoms with Crippen LogP contribution in [0.25, 0.3) is 0 Å². The maximum atomic E-state index is 11.2. The topological polar surface area (TPSA) is 46.2 Å². The van der Waals surface area contributed by atoms with Crippen LogP contribution in [0, 0.1) is 0 Å². The second-order valence-corrected chi connectivity index (χ2v) is 7.13. The van der Waals surface area contributed by atoms with E-state index in [1.807, 2.05) is 7.05 Å². The molecule has 16 heavy (non-hydrogen) atoms. The van der Waals surface area contributed by atoms with Crippen molar-refractivity contribution in [1.29, 1.82) is 0 Å².